The molecule has 1 saturated carbocycles. The van der Waals surface area contributed by atoms with E-state index in [4.69, 9.17) is 11.6 Å². The topological polar surface area (TPSA) is 53.9 Å². The minimum absolute atomic E-state index is 0.289. The van der Waals surface area contributed by atoms with Crippen LogP contribution in [-0.2, 0) is 0 Å². The molecule has 0 aromatic carbocycles. The molecule has 2 aliphatic rings. The van der Waals surface area contributed by atoms with Gasteiger partial charge in [0.1, 0.15) is 0 Å². The molecule has 1 aromatic heterocycles. The number of hydrogen-bond acceptors (Lipinski definition) is 5. The molecule has 21 heavy (non-hydrogen) atoms. The number of anilines is 2. The highest BCUT2D eigenvalue weighted by molar-refractivity contribution is 6.28. The van der Waals surface area contributed by atoms with Crippen molar-refractivity contribution in [2.75, 3.05) is 23.3 Å². The van der Waals surface area contributed by atoms with Gasteiger partial charge in [-0.1, -0.05) is 6.92 Å². The van der Waals surface area contributed by atoms with Gasteiger partial charge in [0.05, 0.1) is 0 Å². The van der Waals surface area contributed by atoms with Crippen LogP contribution >= 0.6 is 11.6 Å². The minimum Gasteiger partial charge on any atom is -0.351 e. The molecule has 0 unspecified atom stereocenters. The first-order chi connectivity index (χ1) is 10.2. The van der Waals surface area contributed by atoms with Gasteiger partial charge < -0.3 is 10.2 Å². The van der Waals surface area contributed by atoms with Gasteiger partial charge in [-0.25, -0.2) is 0 Å². The van der Waals surface area contributed by atoms with E-state index in [9.17, 15) is 0 Å². The zero-order valence-corrected chi connectivity index (χ0v) is 13.4. The summed E-state index contributed by atoms with van der Waals surface area (Å²) in [5.41, 5.74) is 0. The molecule has 1 saturated heterocycles. The summed E-state index contributed by atoms with van der Waals surface area (Å²) in [6, 6.07) is 0.467. The van der Waals surface area contributed by atoms with Crippen LogP contribution in [0.4, 0.5) is 11.9 Å². The van der Waals surface area contributed by atoms with E-state index in [2.05, 4.69) is 32.1 Å². The minimum atomic E-state index is 0.289. The normalized spacial score (nSPS) is 26.7. The molecule has 0 bridgehead atoms. The Bertz CT molecular complexity index is 467. The molecule has 2 fully saturated rings. The lowest BCUT2D eigenvalue weighted by atomic mass is 9.87. The lowest BCUT2D eigenvalue weighted by molar-refractivity contribution is 0.360. The highest BCUT2D eigenvalue weighted by Gasteiger charge is 2.20. The molecule has 5 nitrogen and oxygen atoms in total. The Hall–Kier alpha value is -1.10. The third kappa shape index (κ3) is 3.96. The first-order valence-electron chi connectivity index (χ1n) is 8.14. The predicted octanol–water partition coefficient (Wildman–Crippen LogP) is 3.51. The van der Waals surface area contributed by atoms with Crippen molar-refractivity contribution in [2.45, 2.75) is 57.9 Å². The van der Waals surface area contributed by atoms with Crippen LogP contribution in [0.1, 0.15) is 51.9 Å². The van der Waals surface area contributed by atoms with Gasteiger partial charge >= 0.3 is 0 Å². The number of nitrogens with zero attached hydrogens (tertiary/aromatic N) is 4. The van der Waals surface area contributed by atoms with Crippen LogP contribution in [0.15, 0.2) is 0 Å². The molecule has 2 heterocycles. The maximum Gasteiger partial charge on any atom is 0.231 e. The first-order valence-corrected chi connectivity index (χ1v) is 8.51. The summed E-state index contributed by atoms with van der Waals surface area (Å²) in [7, 11) is 0. The van der Waals surface area contributed by atoms with E-state index < -0.39 is 0 Å². The molecular weight excluding hydrogens is 286 g/mol. The fourth-order valence-corrected chi connectivity index (χ4v) is 3.38. The fourth-order valence-electron chi connectivity index (χ4n) is 3.23. The van der Waals surface area contributed by atoms with Crippen LogP contribution in [0.2, 0.25) is 5.28 Å². The van der Waals surface area contributed by atoms with Gasteiger partial charge in [-0.15, -0.1) is 0 Å². The smallest absolute Gasteiger partial charge is 0.231 e. The average molecular weight is 310 g/mol. The van der Waals surface area contributed by atoms with Gasteiger partial charge in [-0.05, 0) is 62.5 Å². The number of rotatable bonds is 3. The standard InChI is InChI=1S/C15H24ClN5/c1-11-5-7-12(8-6-11)17-14-18-13(16)19-15(20-14)21-9-3-2-4-10-21/h11-12H,2-10H2,1H3,(H,17,18,19,20). The molecule has 0 amide bonds. The maximum absolute atomic E-state index is 6.08. The van der Waals surface area contributed by atoms with Crippen molar-refractivity contribution in [3.63, 3.8) is 0 Å². The summed E-state index contributed by atoms with van der Waals surface area (Å²) in [6.45, 7) is 4.35. The molecule has 0 spiro atoms. The number of halogens is 1. The molecule has 0 radical (unpaired) electrons. The maximum atomic E-state index is 6.08. The van der Waals surface area contributed by atoms with E-state index in [1.54, 1.807) is 0 Å². The van der Waals surface area contributed by atoms with Crippen LogP contribution in [0, 0.1) is 5.92 Å². The summed E-state index contributed by atoms with van der Waals surface area (Å²) < 4.78 is 0. The summed E-state index contributed by atoms with van der Waals surface area (Å²) in [5.74, 6) is 2.20. The zero-order chi connectivity index (χ0) is 14.7. The number of hydrogen-bond donors (Lipinski definition) is 1. The highest BCUT2D eigenvalue weighted by Crippen LogP contribution is 2.26. The average Bonchev–Trinajstić information content (AvgIpc) is 2.50. The van der Waals surface area contributed by atoms with E-state index >= 15 is 0 Å². The summed E-state index contributed by atoms with van der Waals surface area (Å²) in [4.78, 5) is 15.3. The lowest BCUT2D eigenvalue weighted by Crippen LogP contribution is -2.32. The molecule has 1 aliphatic carbocycles. The number of nitrogens with one attached hydrogen (secondary N) is 1. The zero-order valence-electron chi connectivity index (χ0n) is 12.7. The molecule has 1 aromatic rings. The molecule has 116 valence electrons. The van der Waals surface area contributed by atoms with Crippen molar-refractivity contribution in [3.8, 4) is 0 Å². The first kappa shape index (κ1) is 14.8. The van der Waals surface area contributed by atoms with Crippen LogP contribution < -0.4 is 10.2 Å². The van der Waals surface area contributed by atoms with Crippen molar-refractivity contribution in [3.05, 3.63) is 5.28 Å². The Morgan fingerprint density at radius 2 is 1.71 bits per heavy atom. The highest BCUT2D eigenvalue weighted by atomic mass is 35.5. The van der Waals surface area contributed by atoms with E-state index in [1.165, 1.54) is 44.9 Å². The van der Waals surface area contributed by atoms with Crippen molar-refractivity contribution in [2.24, 2.45) is 5.92 Å². The summed E-state index contributed by atoms with van der Waals surface area (Å²) >= 11 is 6.08. The molecule has 0 atom stereocenters. The molecule has 1 aliphatic heterocycles. The van der Waals surface area contributed by atoms with E-state index in [0.29, 0.717) is 12.0 Å². The van der Waals surface area contributed by atoms with Gasteiger partial charge in [-0.3, -0.25) is 0 Å². The van der Waals surface area contributed by atoms with Gasteiger partial charge in [0, 0.05) is 19.1 Å². The van der Waals surface area contributed by atoms with Gasteiger partial charge in [-0.2, -0.15) is 15.0 Å². The second-order valence-corrected chi connectivity index (χ2v) is 6.71. The van der Waals surface area contributed by atoms with Crippen molar-refractivity contribution in [1.29, 1.82) is 0 Å². The van der Waals surface area contributed by atoms with Crippen LogP contribution in [0.25, 0.3) is 0 Å². The monoisotopic (exact) mass is 309 g/mol. The summed E-state index contributed by atoms with van der Waals surface area (Å²) in [6.07, 6.45) is 8.61. The van der Waals surface area contributed by atoms with Crippen LogP contribution in [0.5, 0.6) is 0 Å². The second kappa shape index (κ2) is 6.77. The molecular formula is C15H24ClN5. The predicted molar refractivity (Wildman–Crippen MR) is 85.9 cm³/mol. The van der Waals surface area contributed by atoms with E-state index in [1.807, 2.05) is 0 Å². The van der Waals surface area contributed by atoms with Gasteiger partial charge in [0.15, 0.2) is 0 Å². The Kier molecular flexibility index (Phi) is 4.78. The van der Waals surface area contributed by atoms with Crippen molar-refractivity contribution < 1.29 is 0 Å². The molecule has 1 N–H and O–H groups in total. The van der Waals surface area contributed by atoms with E-state index in [0.717, 1.165) is 25.0 Å². The van der Waals surface area contributed by atoms with Gasteiger partial charge in [0.25, 0.3) is 0 Å². The SMILES string of the molecule is CC1CCC(Nc2nc(Cl)nc(N3CCCCC3)n2)CC1. The molecule has 3 rings (SSSR count). The number of piperidine rings is 1. The van der Waals surface area contributed by atoms with Crippen LogP contribution in [0.3, 0.4) is 0 Å². The Morgan fingerprint density at radius 3 is 2.43 bits per heavy atom. The quantitative estimate of drug-likeness (QED) is 0.926. The molecule has 6 heteroatoms. The van der Waals surface area contributed by atoms with E-state index in [-0.39, 0.29) is 5.28 Å². The Labute approximate surface area is 131 Å². The number of aromatic nitrogens is 3. The Morgan fingerprint density at radius 1 is 1.00 bits per heavy atom. The second-order valence-electron chi connectivity index (χ2n) is 6.38. The fraction of sp³-hybridized carbons (Fsp3) is 0.800. The third-order valence-corrected chi connectivity index (χ3v) is 4.75. The van der Waals surface area contributed by atoms with Crippen LogP contribution in [-0.4, -0.2) is 34.1 Å². The Balaban J connectivity index is 1.68. The van der Waals surface area contributed by atoms with Crippen molar-refractivity contribution >= 4 is 23.5 Å². The van der Waals surface area contributed by atoms with Crippen molar-refractivity contribution in [1.82, 2.24) is 15.0 Å². The summed E-state index contributed by atoms with van der Waals surface area (Å²) in [5, 5.41) is 3.74. The lowest BCUT2D eigenvalue weighted by Gasteiger charge is -2.28. The third-order valence-electron chi connectivity index (χ3n) is 4.58. The largest absolute Gasteiger partial charge is 0.351 e. The van der Waals surface area contributed by atoms with Gasteiger partial charge in [0.2, 0.25) is 17.2 Å².